The van der Waals surface area contributed by atoms with Crippen LogP contribution in [0.5, 0.6) is 0 Å². The molecule has 2 heterocycles. The first-order valence-corrected chi connectivity index (χ1v) is 8.31. The van der Waals surface area contributed by atoms with Crippen LogP contribution in [0.25, 0.3) is 0 Å². The first-order chi connectivity index (χ1) is 13.0. The molecule has 0 unspecified atom stereocenters. The van der Waals surface area contributed by atoms with Crippen LogP contribution in [0.2, 0.25) is 0 Å². The second-order valence-electron chi connectivity index (χ2n) is 6.12. The number of benzene rings is 2. The Balaban J connectivity index is 1.53. The maximum absolute atomic E-state index is 13.7. The fraction of sp³-hybridized carbons (Fsp3) is 0.100. The van der Waals surface area contributed by atoms with Gasteiger partial charge in [-0.05, 0) is 42.3 Å². The van der Waals surface area contributed by atoms with Crippen molar-refractivity contribution >= 4 is 23.0 Å². The average molecular weight is 369 g/mol. The quantitative estimate of drug-likeness (QED) is 0.694. The molecule has 1 amide bonds. The Labute approximate surface area is 153 Å². The molecular weight excluding hydrogens is 355 g/mol. The van der Waals surface area contributed by atoms with E-state index in [4.69, 9.17) is 0 Å². The van der Waals surface area contributed by atoms with Crippen molar-refractivity contribution in [3.05, 3.63) is 83.4 Å². The molecule has 0 atom stereocenters. The van der Waals surface area contributed by atoms with Gasteiger partial charge in [-0.15, -0.1) is 0 Å². The van der Waals surface area contributed by atoms with E-state index in [0.29, 0.717) is 12.2 Å². The summed E-state index contributed by atoms with van der Waals surface area (Å²) in [4.78, 5) is 18.5. The van der Waals surface area contributed by atoms with Crippen LogP contribution in [0.1, 0.15) is 16.1 Å². The number of carbonyl (C=O) groups excluding carboxylic acids is 1. The lowest BCUT2D eigenvalue weighted by Gasteiger charge is -2.17. The molecule has 1 aliphatic rings. The van der Waals surface area contributed by atoms with Gasteiger partial charge in [0.15, 0.2) is 17.5 Å². The number of hydrogen-bond donors (Lipinski definition) is 1. The Bertz CT molecular complexity index is 1020. The lowest BCUT2D eigenvalue weighted by atomic mass is 10.2. The van der Waals surface area contributed by atoms with Crippen molar-refractivity contribution in [1.82, 2.24) is 4.98 Å². The Kier molecular flexibility index (Phi) is 4.27. The van der Waals surface area contributed by atoms with Crippen LogP contribution in [0, 0.1) is 17.5 Å². The summed E-state index contributed by atoms with van der Waals surface area (Å²) in [6.45, 7) is 0.583. The van der Waals surface area contributed by atoms with E-state index in [1.807, 2.05) is 24.3 Å². The van der Waals surface area contributed by atoms with Gasteiger partial charge < -0.3 is 10.2 Å². The summed E-state index contributed by atoms with van der Waals surface area (Å²) in [7, 11) is 0. The number of para-hydroxylation sites is 1. The van der Waals surface area contributed by atoms with Gasteiger partial charge in [0.05, 0.1) is 17.6 Å². The van der Waals surface area contributed by atoms with Crippen LogP contribution in [0.4, 0.5) is 30.2 Å². The molecule has 0 spiro atoms. The van der Waals surface area contributed by atoms with Gasteiger partial charge in [0.2, 0.25) is 0 Å². The molecule has 0 aliphatic carbocycles. The molecule has 3 aromatic rings. The maximum atomic E-state index is 13.7. The smallest absolute Gasteiger partial charge is 0.276 e. The second kappa shape index (κ2) is 6.75. The topological polar surface area (TPSA) is 45.2 Å². The Hall–Kier alpha value is -3.35. The molecule has 4 rings (SSSR count). The van der Waals surface area contributed by atoms with Crippen LogP contribution in [0.15, 0.2) is 54.7 Å². The zero-order chi connectivity index (χ0) is 19.0. The molecule has 2 aromatic carbocycles. The fourth-order valence-corrected chi connectivity index (χ4v) is 3.06. The van der Waals surface area contributed by atoms with Crippen molar-refractivity contribution in [3.8, 4) is 0 Å². The summed E-state index contributed by atoms with van der Waals surface area (Å²) in [6, 6.07) is 12.6. The SMILES string of the molecule is O=C(c1ccc(Nc2ccc(F)c(F)c2F)cn1)N1CCc2ccccc21. The molecule has 0 saturated heterocycles. The highest BCUT2D eigenvalue weighted by molar-refractivity contribution is 6.06. The molecule has 27 heavy (non-hydrogen) atoms. The van der Waals surface area contributed by atoms with Gasteiger partial charge in [0.25, 0.3) is 5.91 Å². The number of fused-ring (bicyclic) bond motifs is 1. The number of rotatable bonds is 3. The predicted molar refractivity (Wildman–Crippen MR) is 95.7 cm³/mol. The van der Waals surface area contributed by atoms with Gasteiger partial charge in [-0.1, -0.05) is 18.2 Å². The summed E-state index contributed by atoms with van der Waals surface area (Å²) in [5.41, 5.74) is 2.35. The Morgan fingerprint density at radius 1 is 1.00 bits per heavy atom. The number of hydrogen-bond acceptors (Lipinski definition) is 3. The van der Waals surface area contributed by atoms with E-state index in [2.05, 4.69) is 10.3 Å². The molecule has 0 fully saturated rings. The standard InChI is InChI=1S/C20H14F3N3O/c21-14-6-8-15(19(23)18(14)22)25-13-5-7-16(24-11-13)20(27)26-10-9-12-3-1-2-4-17(12)26/h1-8,11,25H,9-10H2. The molecule has 7 heteroatoms. The van der Waals surface area contributed by atoms with Crippen molar-refractivity contribution < 1.29 is 18.0 Å². The monoisotopic (exact) mass is 369 g/mol. The van der Waals surface area contributed by atoms with E-state index >= 15 is 0 Å². The summed E-state index contributed by atoms with van der Waals surface area (Å²) in [6.07, 6.45) is 2.13. The van der Waals surface area contributed by atoms with Crippen molar-refractivity contribution in [1.29, 1.82) is 0 Å². The van der Waals surface area contributed by atoms with Crippen molar-refractivity contribution in [3.63, 3.8) is 0 Å². The molecule has 0 bridgehead atoms. The van der Waals surface area contributed by atoms with Crippen LogP contribution < -0.4 is 10.2 Å². The third-order valence-electron chi connectivity index (χ3n) is 4.43. The van der Waals surface area contributed by atoms with Gasteiger partial charge >= 0.3 is 0 Å². The molecule has 1 N–H and O–H groups in total. The lowest BCUT2D eigenvalue weighted by Crippen LogP contribution is -2.29. The zero-order valence-corrected chi connectivity index (χ0v) is 14.0. The largest absolute Gasteiger partial charge is 0.352 e. The van der Waals surface area contributed by atoms with E-state index in [1.165, 1.54) is 18.3 Å². The molecular formula is C20H14F3N3O. The highest BCUT2D eigenvalue weighted by atomic mass is 19.2. The van der Waals surface area contributed by atoms with Gasteiger partial charge in [-0.3, -0.25) is 4.79 Å². The van der Waals surface area contributed by atoms with E-state index in [0.717, 1.165) is 29.8 Å². The Morgan fingerprint density at radius 3 is 2.59 bits per heavy atom. The highest BCUT2D eigenvalue weighted by Crippen LogP contribution is 2.29. The second-order valence-corrected chi connectivity index (χ2v) is 6.12. The van der Waals surface area contributed by atoms with E-state index < -0.39 is 17.5 Å². The molecule has 0 radical (unpaired) electrons. The summed E-state index contributed by atoms with van der Waals surface area (Å²) in [5, 5.41) is 2.62. The molecule has 1 aromatic heterocycles. The number of anilines is 3. The molecule has 136 valence electrons. The van der Waals surface area contributed by atoms with E-state index in [-0.39, 0.29) is 17.3 Å². The number of halogens is 3. The minimum Gasteiger partial charge on any atom is -0.352 e. The van der Waals surface area contributed by atoms with Gasteiger partial charge in [0, 0.05) is 12.2 Å². The number of carbonyl (C=O) groups is 1. The minimum absolute atomic E-state index is 0.219. The Morgan fingerprint density at radius 2 is 1.81 bits per heavy atom. The number of nitrogens with zero attached hydrogens (tertiary/aromatic N) is 2. The molecule has 0 saturated carbocycles. The number of pyridine rings is 1. The molecule has 1 aliphatic heterocycles. The van der Waals surface area contributed by atoms with Crippen LogP contribution in [-0.2, 0) is 6.42 Å². The van der Waals surface area contributed by atoms with Crippen molar-refractivity contribution in [2.24, 2.45) is 0 Å². The first kappa shape index (κ1) is 17.1. The average Bonchev–Trinajstić information content (AvgIpc) is 3.12. The predicted octanol–water partition coefficient (Wildman–Crippen LogP) is 4.45. The van der Waals surface area contributed by atoms with Gasteiger partial charge in [-0.25, -0.2) is 18.2 Å². The number of aromatic nitrogens is 1. The van der Waals surface area contributed by atoms with Crippen LogP contribution >= 0.6 is 0 Å². The third kappa shape index (κ3) is 3.12. The lowest BCUT2D eigenvalue weighted by molar-refractivity contribution is 0.0984. The maximum Gasteiger partial charge on any atom is 0.276 e. The van der Waals surface area contributed by atoms with Crippen LogP contribution in [0.3, 0.4) is 0 Å². The number of amides is 1. The minimum atomic E-state index is -1.55. The van der Waals surface area contributed by atoms with E-state index in [1.54, 1.807) is 4.90 Å². The van der Waals surface area contributed by atoms with E-state index in [9.17, 15) is 18.0 Å². The van der Waals surface area contributed by atoms with Crippen LogP contribution in [-0.4, -0.2) is 17.4 Å². The summed E-state index contributed by atoms with van der Waals surface area (Å²) >= 11 is 0. The first-order valence-electron chi connectivity index (χ1n) is 8.31. The highest BCUT2D eigenvalue weighted by Gasteiger charge is 2.25. The normalized spacial score (nSPS) is 12.8. The molecule has 4 nitrogen and oxygen atoms in total. The number of nitrogens with one attached hydrogen (secondary N) is 1. The third-order valence-corrected chi connectivity index (χ3v) is 4.43. The van der Waals surface area contributed by atoms with Crippen molar-refractivity contribution in [2.45, 2.75) is 6.42 Å². The summed E-state index contributed by atoms with van der Waals surface area (Å²) in [5.74, 6) is -4.36. The fourth-order valence-electron chi connectivity index (χ4n) is 3.06. The van der Waals surface area contributed by atoms with Gasteiger partial charge in [-0.2, -0.15) is 0 Å². The zero-order valence-electron chi connectivity index (χ0n) is 14.0. The van der Waals surface area contributed by atoms with Gasteiger partial charge in [0.1, 0.15) is 5.69 Å². The van der Waals surface area contributed by atoms with Crippen molar-refractivity contribution in [2.75, 3.05) is 16.8 Å². The summed E-state index contributed by atoms with van der Waals surface area (Å²) < 4.78 is 40.0.